The van der Waals surface area contributed by atoms with Crippen molar-refractivity contribution >= 4 is 159 Å². The fourth-order valence-corrected chi connectivity index (χ4v) is 14.4. The van der Waals surface area contributed by atoms with Crippen molar-refractivity contribution in [1.29, 1.82) is 0 Å². The number of primary amides is 4. The summed E-state index contributed by atoms with van der Waals surface area (Å²) in [6, 6.07) is -14.7. The van der Waals surface area contributed by atoms with Gasteiger partial charge in [-0.2, -0.15) is 0 Å². The normalized spacial score (nSPS) is 15.2. The van der Waals surface area contributed by atoms with E-state index >= 15 is 0 Å². The summed E-state index contributed by atoms with van der Waals surface area (Å²) in [7, 11) is 0. The number of aliphatic hydroxyl groups excluding tert-OH is 4. The lowest BCUT2D eigenvalue weighted by molar-refractivity contribution is -0.144. The lowest BCUT2D eigenvalue weighted by Gasteiger charge is -2.29. The molecule has 57 nitrogen and oxygen atoms in total. The molecule has 1 heterocycles. The summed E-state index contributed by atoms with van der Waals surface area (Å²) in [5.74, 6) is -31.9. The Bertz CT molecular complexity index is 5200. The minimum atomic E-state index is -2.13. The van der Waals surface area contributed by atoms with E-state index in [1.165, 1.54) is 40.8 Å². The van der Waals surface area contributed by atoms with Crippen LogP contribution in [0.4, 0.5) is 0 Å². The third-order valence-corrected chi connectivity index (χ3v) is 22.8. The number of aromatic amines is 1. The summed E-state index contributed by atoms with van der Waals surface area (Å²) < 4.78 is 0. The monoisotopic (exact) mass is 2110 g/mol. The molecule has 0 saturated heterocycles. The first-order chi connectivity index (χ1) is 69.9. The Morgan fingerprint density at radius 1 is 0.356 bits per heavy atom. The maximum atomic E-state index is 14.7. The number of aliphatic carboxylic acids is 2. The zero-order valence-corrected chi connectivity index (χ0v) is 84.3. The number of hydrogen-bond donors (Lipinski definition) is 32. The number of carboxylic acid groups (broad SMARTS) is 2. The number of aliphatic hydroxyl groups is 4. The van der Waals surface area contributed by atoms with E-state index < -0.39 is 364 Å². The fraction of sp³-hybridized carbons (Fsp3) is 0.576. The zero-order chi connectivity index (χ0) is 113. The Kier molecular flexibility index (Phi) is 54.7. The number of fused-ring (bicyclic) bond motifs is 1. The molecule has 826 valence electrons. The third-order valence-electron chi connectivity index (χ3n) is 22.8. The Hall–Kier alpha value is -15.5. The zero-order valence-electron chi connectivity index (χ0n) is 84.3. The van der Waals surface area contributed by atoms with Crippen molar-refractivity contribution in [2.24, 2.45) is 58.1 Å². The van der Waals surface area contributed by atoms with Crippen LogP contribution in [0.5, 0.6) is 0 Å². The van der Waals surface area contributed by atoms with Crippen LogP contribution in [0.25, 0.3) is 10.9 Å². The van der Waals surface area contributed by atoms with Gasteiger partial charge < -0.3 is 171 Å². The molecule has 0 saturated carbocycles. The topological polar surface area (TPSA) is 949 Å². The average Bonchev–Trinajstić information content (AvgIpc) is 1.77. The second-order valence-corrected chi connectivity index (χ2v) is 36.5. The van der Waals surface area contributed by atoms with Gasteiger partial charge in [0.25, 0.3) is 0 Å². The van der Waals surface area contributed by atoms with Gasteiger partial charge in [0.1, 0.15) is 96.7 Å². The van der Waals surface area contributed by atoms with Crippen LogP contribution in [0.15, 0.2) is 60.8 Å². The van der Waals surface area contributed by atoms with E-state index in [1.807, 2.05) is 5.32 Å². The molecular weight excluding hydrogens is 1970 g/mol. The summed E-state index contributed by atoms with van der Waals surface area (Å²) in [5.41, 5.74) is 34.1. The number of carbonyl (C=O) groups is 25. The van der Waals surface area contributed by atoms with Crippen molar-refractivity contribution in [2.75, 3.05) is 39.4 Å². The van der Waals surface area contributed by atoms with E-state index in [-0.39, 0.29) is 50.6 Å². The van der Waals surface area contributed by atoms with Crippen LogP contribution in [0, 0.1) is 23.7 Å². The van der Waals surface area contributed by atoms with Gasteiger partial charge in [0, 0.05) is 36.4 Å². The first kappa shape index (κ1) is 128. The predicted octanol–water partition coefficient (Wildman–Crippen LogP) is -12.9. The Morgan fingerprint density at radius 2 is 0.745 bits per heavy atom. The molecule has 0 bridgehead atoms. The van der Waals surface area contributed by atoms with Gasteiger partial charge in [-0.15, -0.1) is 0 Å². The van der Waals surface area contributed by atoms with Gasteiger partial charge in [-0.1, -0.05) is 110 Å². The molecule has 20 atom stereocenters. The number of H-pyrrole nitrogens is 1. The van der Waals surface area contributed by atoms with Gasteiger partial charge >= 0.3 is 11.9 Å². The Morgan fingerprint density at radius 3 is 1.25 bits per heavy atom. The van der Waals surface area contributed by atoms with E-state index in [1.54, 1.807) is 75.4 Å². The number of hydrogen-bond acceptors (Lipinski definition) is 31. The van der Waals surface area contributed by atoms with Crippen molar-refractivity contribution in [1.82, 2.24) is 106 Å². The maximum absolute atomic E-state index is 14.7. The Labute approximate surface area is 855 Å². The molecule has 149 heavy (non-hydrogen) atoms. The molecule has 23 amide bonds. The van der Waals surface area contributed by atoms with Gasteiger partial charge in [-0.05, 0) is 100 Å². The number of aromatic nitrogens is 1. The van der Waals surface area contributed by atoms with Gasteiger partial charge in [-0.25, -0.2) is 4.79 Å². The number of para-hydroxylation sites is 1. The highest BCUT2D eigenvalue weighted by atomic mass is 16.4. The maximum Gasteiger partial charge on any atom is 0.326 e. The number of rotatable bonds is 68. The average molecular weight is 2110 g/mol. The van der Waals surface area contributed by atoms with Gasteiger partial charge in [0.2, 0.25) is 136 Å². The molecule has 1 aromatic heterocycles. The summed E-state index contributed by atoms with van der Waals surface area (Å²) in [6.45, 7) is 10.9. The smallest absolute Gasteiger partial charge is 0.326 e. The lowest BCUT2D eigenvalue weighted by Crippen LogP contribution is -2.63. The summed E-state index contributed by atoms with van der Waals surface area (Å²) in [5, 5.41) is 105. The minimum absolute atomic E-state index is 0.0659. The molecule has 0 fully saturated rings. The second kappa shape index (κ2) is 63.8. The quantitative estimate of drug-likeness (QED) is 0.0233. The third kappa shape index (κ3) is 45.2. The van der Waals surface area contributed by atoms with Crippen LogP contribution in [-0.2, 0) is 133 Å². The van der Waals surface area contributed by atoms with Crippen LogP contribution < -0.4 is 135 Å². The molecule has 0 spiro atoms. The van der Waals surface area contributed by atoms with Crippen LogP contribution in [0.1, 0.15) is 158 Å². The molecule has 38 N–H and O–H groups in total. The molecule has 0 aliphatic carbocycles. The lowest BCUT2D eigenvalue weighted by atomic mass is 9.97. The minimum Gasteiger partial charge on any atom is -0.481 e. The molecule has 3 aromatic rings. The van der Waals surface area contributed by atoms with E-state index in [4.69, 9.17) is 34.4 Å². The van der Waals surface area contributed by atoms with Crippen molar-refractivity contribution in [3.8, 4) is 0 Å². The first-order valence-corrected chi connectivity index (χ1v) is 47.7. The highest BCUT2D eigenvalue weighted by Crippen LogP contribution is 2.21. The van der Waals surface area contributed by atoms with Gasteiger partial charge in [0.15, 0.2) is 0 Å². The number of carbonyl (C=O) groups excluding carboxylic acids is 23. The highest BCUT2D eigenvalue weighted by molar-refractivity contribution is 6.03. The molecule has 0 aliphatic rings. The number of nitrogens with two attached hydrogens (primary N) is 6. The molecule has 0 aliphatic heterocycles. The summed E-state index contributed by atoms with van der Waals surface area (Å²) in [6.07, 6.45) is -7.51. The number of unbranched alkanes of at least 4 members (excludes halogenated alkanes) is 1. The summed E-state index contributed by atoms with van der Waals surface area (Å²) >= 11 is 0. The van der Waals surface area contributed by atoms with E-state index in [9.17, 15) is 151 Å². The van der Waals surface area contributed by atoms with Crippen LogP contribution in [0.2, 0.25) is 0 Å². The largest absolute Gasteiger partial charge is 0.481 e. The number of nitrogens with one attached hydrogen (secondary N) is 20. The van der Waals surface area contributed by atoms with Crippen LogP contribution in [-0.4, -0.2) is 338 Å². The molecule has 3 rings (SSSR count). The van der Waals surface area contributed by atoms with E-state index in [2.05, 4.69) is 101 Å². The predicted molar refractivity (Wildman–Crippen MR) is 524 cm³/mol. The molecule has 57 heteroatoms. The number of benzene rings is 2. The van der Waals surface area contributed by atoms with Crippen molar-refractivity contribution in [2.45, 2.75) is 275 Å². The van der Waals surface area contributed by atoms with Gasteiger partial charge in [0.05, 0.1) is 76.8 Å². The Balaban J connectivity index is 1.87. The molecule has 0 radical (unpaired) electrons. The molecule has 2 aromatic carbocycles. The summed E-state index contributed by atoms with van der Waals surface area (Å²) in [4.78, 5) is 339. The SMILES string of the molecule is CC[C@H](C)[C@H](NC(=O)[C@H](C)NC(=O)[C@H](CO)NC(=O)CNC(=O)[C@H](CC(=O)O)NC(=O)[C@H](Cc1c[nH]c2ccccc12)NC(=O)[C@H](CC(N)=O)NC(=O)[C@H](CCC(N)=O)NC(=O)[C@H](CCCCN)NC(=O)[C@H](CC(C)C)NC(=O)CNC(=O)[C@H](Cc1ccccc1)NC(=O)[C@@H](NC(=O)CNC(=O)[C@@H](NC(=O)[C@@H](NC(=O)[C@@H](NC(=O)[C@@H](N)CC(N)=O)[C@@H](C)O)[C@@H](C)O)C(C)C)C(C)C)C(=O)N[C@@H](CO)C(=O)N[C@@H](CC(N)=O)C(=O)O. The van der Waals surface area contributed by atoms with Crippen molar-refractivity contribution in [3.63, 3.8) is 0 Å². The molecular formula is C92H142N26O31. The van der Waals surface area contributed by atoms with Crippen molar-refractivity contribution in [3.05, 3.63) is 71.9 Å². The second-order valence-electron chi connectivity index (χ2n) is 36.5. The standard InChI is InChI=1S/C92H142N26O31/c1-12-44(8)73(89(145)113-62(40-120)86(142)112-60(92(148)149)33-66(98)126)116-76(132)45(9)103-85(141)61(39-119)105-68(128)37-101-79(135)59(34-70(130)131)110-83(139)57(30-49-35-99-52-23-17-16-22-50(49)52)108-84(140)58(32-65(97)125)109-81(137)54(25-26-63(95)123)107-80(136)53(24-18-19-27-93)106-82(138)55(28-41(2)3)104-67(127)36-100-78(134)56(29-48-20-14-13-15-21-48)111-88(144)72(43(6)7)114-69(129)38-102-87(143)71(42(4)5)115-90(146)75(47(11)122)118-91(147)74(46(10)121)117-77(133)51(94)31-64(96)124/h13-17,20-23,35,41-47,51,53-62,71-75,99,119-122H,12,18-19,24-34,36-40,93-94H2,1-11H3,(H2,95,123)(H2,96,124)(H2,97,125)(H2,98,126)(H,100,134)(H,101,135)(H,102,143)(H,103,141)(H,104,127)(H,105,128)(H,106,138)(H,107,136)(H,108,140)(H,109,137)(H,110,139)(H,111,144)(H,112,142)(H,113,145)(H,114,129)(H,115,146)(H,116,132)(H,117,133)(H,118,147)(H,130,131)(H,148,149)/t44-,45-,46+,47+,51-,53-,54-,55-,56-,57-,58-,59-,60-,61-,62-,71-,72-,73-,74-,75-/m0/s1. The van der Waals surface area contributed by atoms with E-state index in [0.717, 1.165) is 20.8 Å². The van der Waals surface area contributed by atoms with Crippen molar-refractivity contribution < 1.29 is 151 Å². The van der Waals surface area contributed by atoms with Crippen LogP contribution in [0.3, 0.4) is 0 Å². The number of amides is 23. The van der Waals surface area contributed by atoms with E-state index in [0.29, 0.717) is 16.5 Å². The fourth-order valence-electron chi connectivity index (χ4n) is 14.4. The first-order valence-electron chi connectivity index (χ1n) is 47.7. The molecule has 0 unspecified atom stereocenters. The van der Waals surface area contributed by atoms with Crippen LogP contribution >= 0.6 is 0 Å². The van der Waals surface area contributed by atoms with Gasteiger partial charge in [-0.3, -0.25) is 115 Å². The number of carboxylic acids is 2. The highest BCUT2D eigenvalue weighted by Gasteiger charge is 2.42.